The van der Waals surface area contributed by atoms with Crippen molar-refractivity contribution in [3.8, 4) is 0 Å². The van der Waals surface area contributed by atoms with Gasteiger partial charge in [0.1, 0.15) is 5.76 Å². The number of rotatable bonds is 7. The lowest BCUT2D eigenvalue weighted by Crippen LogP contribution is -2.47. The molecule has 2 aromatic heterocycles. The Labute approximate surface area is 202 Å². The number of guanidine groups is 1. The lowest BCUT2D eigenvalue weighted by Gasteiger charge is -2.34. The first-order valence-electron chi connectivity index (χ1n) is 10.6. The van der Waals surface area contributed by atoms with E-state index >= 15 is 0 Å². The first-order valence-corrected chi connectivity index (χ1v) is 10.6. The Bertz CT molecular complexity index is 797. The number of halogens is 1. The predicted octanol–water partition coefficient (Wildman–Crippen LogP) is 2.26. The molecule has 10 heteroatoms. The van der Waals surface area contributed by atoms with Crippen molar-refractivity contribution in [3.05, 3.63) is 36.3 Å². The number of piperazine rings is 1. The standard InChI is InChI=1S/C21H34N8O.HI/c1-21(2,3)17-15-26-18(30-17)16-27-19(22-4)23-9-6-10-28-11-13-29(14-12-28)20-24-7-5-8-25-20;/h5,7-8,15H,6,9-14,16H2,1-4H3,(H2,22,23,27);1H. The van der Waals surface area contributed by atoms with Gasteiger partial charge in [0, 0.05) is 57.6 Å². The Morgan fingerprint density at radius 2 is 1.81 bits per heavy atom. The first kappa shape index (κ1) is 25.3. The maximum atomic E-state index is 5.81. The number of oxazole rings is 1. The maximum absolute atomic E-state index is 5.81. The average Bonchev–Trinajstić information content (AvgIpc) is 3.24. The van der Waals surface area contributed by atoms with E-state index in [0.29, 0.717) is 12.4 Å². The summed E-state index contributed by atoms with van der Waals surface area (Å²) in [6.45, 7) is 12.8. The molecule has 0 unspecified atom stereocenters. The van der Waals surface area contributed by atoms with E-state index < -0.39 is 0 Å². The van der Waals surface area contributed by atoms with E-state index in [4.69, 9.17) is 4.42 Å². The van der Waals surface area contributed by atoms with Crippen molar-refractivity contribution in [1.82, 2.24) is 30.5 Å². The van der Waals surface area contributed by atoms with Gasteiger partial charge in [-0.25, -0.2) is 15.0 Å². The van der Waals surface area contributed by atoms with Crippen LogP contribution >= 0.6 is 24.0 Å². The minimum Gasteiger partial charge on any atom is -0.443 e. The summed E-state index contributed by atoms with van der Waals surface area (Å²) in [5, 5.41) is 6.62. The quantitative estimate of drug-likeness (QED) is 0.238. The SMILES string of the molecule is CN=C(NCCCN1CCN(c2ncccn2)CC1)NCc1ncc(C(C)(C)C)o1.I. The van der Waals surface area contributed by atoms with Crippen LogP contribution in [0.3, 0.4) is 0 Å². The molecule has 9 nitrogen and oxygen atoms in total. The number of hydrogen-bond donors (Lipinski definition) is 2. The summed E-state index contributed by atoms with van der Waals surface area (Å²) in [6, 6.07) is 1.85. The van der Waals surface area contributed by atoms with Gasteiger partial charge in [0.2, 0.25) is 11.8 Å². The van der Waals surface area contributed by atoms with E-state index in [-0.39, 0.29) is 29.4 Å². The lowest BCUT2D eigenvalue weighted by molar-refractivity contribution is 0.254. The zero-order valence-corrected chi connectivity index (χ0v) is 21.3. The molecule has 3 heterocycles. The summed E-state index contributed by atoms with van der Waals surface area (Å²) in [5.74, 6) is 3.15. The molecule has 172 valence electrons. The van der Waals surface area contributed by atoms with Gasteiger partial charge in [-0.3, -0.25) is 9.89 Å². The van der Waals surface area contributed by atoms with E-state index in [9.17, 15) is 0 Å². The van der Waals surface area contributed by atoms with Gasteiger partial charge >= 0.3 is 0 Å². The van der Waals surface area contributed by atoms with Crippen LogP contribution in [0.4, 0.5) is 5.95 Å². The monoisotopic (exact) mass is 542 g/mol. The van der Waals surface area contributed by atoms with Gasteiger partial charge in [-0.1, -0.05) is 20.8 Å². The molecule has 3 rings (SSSR count). The van der Waals surface area contributed by atoms with Crippen LogP contribution in [-0.4, -0.2) is 72.1 Å². The van der Waals surface area contributed by atoms with Crippen LogP contribution in [0.1, 0.15) is 38.8 Å². The van der Waals surface area contributed by atoms with Gasteiger partial charge in [-0.2, -0.15) is 0 Å². The van der Waals surface area contributed by atoms with Crippen LogP contribution in [0.15, 0.2) is 34.1 Å². The largest absolute Gasteiger partial charge is 0.443 e. The van der Waals surface area contributed by atoms with Crippen molar-refractivity contribution >= 4 is 35.9 Å². The predicted molar refractivity (Wildman–Crippen MR) is 134 cm³/mol. The molecular weight excluding hydrogens is 507 g/mol. The molecule has 31 heavy (non-hydrogen) atoms. The molecule has 0 atom stereocenters. The van der Waals surface area contributed by atoms with Crippen molar-refractivity contribution in [2.45, 2.75) is 39.2 Å². The lowest BCUT2D eigenvalue weighted by atomic mass is 9.94. The summed E-state index contributed by atoms with van der Waals surface area (Å²) in [5.41, 5.74) is -0.0369. The van der Waals surface area contributed by atoms with Crippen molar-refractivity contribution < 1.29 is 4.42 Å². The van der Waals surface area contributed by atoms with E-state index in [2.05, 4.69) is 61.1 Å². The van der Waals surface area contributed by atoms with Crippen LogP contribution in [0, 0.1) is 0 Å². The molecule has 0 aromatic carbocycles. The molecule has 2 N–H and O–H groups in total. The number of nitrogens with zero attached hydrogens (tertiary/aromatic N) is 6. The number of hydrogen-bond acceptors (Lipinski definition) is 7. The molecule has 2 aromatic rings. The molecule has 1 saturated heterocycles. The third kappa shape index (κ3) is 7.91. The molecule has 1 fully saturated rings. The Morgan fingerprint density at radius 3 is 2.42 bits per heavy atom. The molecule has 0 saturated carbocycles. The molecule has 0 radical (unpaired) electrons. The van der Waals surface area contributed by atoms with Crippen LogP contribution in [-0.2, 0) is 12.0 Å². The van der Waals surface area contributed by atoms with Gasteiger partial charge in [-0.15, -0.1) is 24.0 Å². The second kappa shape index (κ2) is 12.2. The summed E-state index contributed by atoms with van der Waals surface area (Å²) in [7, 11) is 1.77. The maximum Gasteiger partial charge on any atom is 0.225 e. The number of aromatic nitrogens is 3. The fraction of sp³-hybridized carbons (Fsp3) is 0.619. The first-order chi connectivity index (χ1) is 14.5. The van der Waals surface area contributed by atoms with Crippen LogP contribution in [0.25, 0.3) is 0 Å². The van der Waals surface area contributed by atoms with Crippen molar-refractivity contribution in [1.29, 1.82) is 0 Å². The summed E-state index contributed by atoms with van der Waals surface area (Å²) < 4.78 is 5.81. The van der Waals surface area contributed by atoms with E-state index in [1.54, 1.807) is 25.6 Å². The van der Waals surface area contributed by atoms with Crippen molar-refractivity contribution in [3.63, 3.8) is 0 Å². The highest BCUT2D eigenvalue weighted by Crippen LogP contribution is 2.22. The minimum atomic E-state index is -0.0369. The van der Waals surface area contributed by atoms with Gasteiger partial charge in [-0.05, 0) is 19.0 Å². The zero-order chi connectivity index (χ0) is 21.4. The fourth-order valence-electron chi connectivity index (χ4n) is 3.25. The van der Waals surface area contributed by atoms with Gasteiger partial charge in [0.25, 0.3) is 0 Å². The number of aliphatic imine (C=N–C) groups is 1. The van der Waals surface area contributed by atoms with Gasteiger partial charge < -0.3 is 20.0 Å². The molecule has 0 amide bonds. The van der Waals surface area contributed by atoms with E-state index in [1.165, 1.54) is 0 Å². The smallest absolute Gasteiger partial charge is 0.225 e. The van der Waals surface area contributed by atoms with Crippen LogP contribution in [0.2, 0.25) is 0 Å². The summed E-state index contributed by atoms with van der Waals surface area (Å²) >= 11 is 0. The van der Waals surface area contributed by atoms with Crippen molar-refractivity contribution in [2.24, 2.45) is 4.99 Å². The molecule has 1 aliphatic rings. The molecule has 0 spiro atoms. The fourth-order valence-corrected chi connectivity index (χ4v) is 3.25. The minimum absolute atomic E-state index is 0. The van der Waals surface area contributed by atoms with Gasteiger partial charge in [0.05, 0.1) is 12.7 Å². The Balaban J connectivity index is 0.00000341. The Hall–Kier alpha value is -1.95. The average molecular weight is 542 g/mol. The van der Waals surface area contributed by atoms with E-state index in [1.807, 2.05) is 6.07 Å². The van der Waals surface area contributed by atoms with Gasteiger partial charge in [0.15, 0.2) is 5.96 Å². The Morgan fingerprint density at radius 1 is 1.10 bits per heavy atom. The summed E-state index contributed by atoms with van der Waals surface area (Å²) in [4.78, 5) is 22.0. The zero-order valence-electron chi connectivity index (χ0n) is 19.0. The topological polar surface area (TPSA) is 94.7 Å². The highest BCUT2D eigenvalue weighted by atomic mass is 127. The number of nitrogens with one attached hydrogen (secondary N) is 2. The second-order valence-corrected chi connectivity index (χ2v) is 8.45. The number of anilines is 1. The molecule has 1 aliphatic heterocycles. The second-order valence-electron chi connectivity index (χ2n) is 8.45. The normalized spacial score (nSPS) is 15.5. The van der Waals surface area contributed by atoms with Crippen LogP contribution < -0.4 is 15.5 Å². The highest BCUT2D eigenvalue weighted by Gasteiger charge is 2.19. The van der Waals surface area contributed by atoms with Crippen LogP contribution in [0.5, 0.6) is 0 Å². The molecule has 0 aliphatic carbocycles. The third-order valence-electron chi connectivity index (χ3n) is 5.07. The Kier molecular flexibility index (Phi) is 9.94. The highest BCUT2D eigenvalue weighted by molar-refractivity contribution is 14.0. The summed E-state index contributed by atoms with van der Waals surface area (Å²) in [6.07, 6.45) is 6.45. The van der Waals surface area contributed by atoms with Crippen molar-refractivity contribution in [2.75, 3.05) is 51.2 Å². The molecular formula is C21H35IN8O. The molecule has 0 bridgehead atoms. The third-order valence-corrected chi connectivity index (χ3v) is 5.07. The van der Waals surface area contributed by atoms with E-state index in [0.717, 1.165) is 63.4 Å².